The highest BCUT2D eigenvalue weighted by Crippen LogP contribution is 2.30. The van der Waals surface area contributed by atoms with Gasteiger partial charge in [0.15, 0.2) is 0 Å². The lowest BCUT2D eigenvalue weighted by Crippen LogP contribution is -2.03. The largest absolute Gasteiger partial charge is 0.419 e. The first-order valence-corrected chi connectivity index (χ1v) is 5.14. The molecule has 6 heteroatoms. The van der Waals surface area contributed by atoms with Crippen molar-refractivity contribution in [1.29, 1.82) is 0 Å². The van der Waals surface area contributed by atoms with Gasteiger partial charge < -0.3 is 0 Å². The first-order valence-electron chi connectivity index (χ1n) is 4.35. The average molecular weight is 291 g/mol. The van der Waals surface area contributed by atoms with Crippen LogP contribution in [0.1, 0.15) is 5.56 Å². The Kier molecular flexibility index (Phi) is 2.75. The number of alkyl halides is 3. The van der Waals surface area contributed by atoms with Crippen LogP contribution < -0.4 is 0 Å². The fourth-order valence-electron chi connectivity index (χ4n) is 1.24. The van der Waals surface area contributed by atoms with Crippen LogP contribution in [0.5, 0.6) is 0 Å². The molecular weight excluding hydrogens is 285 g/mol. The predicted octanol–water partition coefficient (Wildman–Crippen LogP) is 3.65. The van der Waals surface area contributed by atoms with E-state index in [-0.39, 0.29) is 0 Å². The molecule has 0 fully saturated rings. The molecule has 2 nitrogen and oxygen atoms in total. The number of hydrogen-bond acceptors (Lipinski definition) is 1. The van der Waals surface area contributed by atoms with Crippen LogP contribution in [0.15, 0.2) is 41.1 Å². The summed E-state index contributed by atoms with van der Waals surface area (Å²) in [6, 6.07) is 6.93. The van der Waals surface area contributed by atoms with Gasteiger partial charge in [0.25, 0.3) is 0 Å². The minimum absolute atomic E-state index is 0.568. The number of halogens is 4. The number of para-hydroxylation sites is 1. The molecule has 1 aromatic heterocycles. The molecule has 16 heavy (non-hydrogen) atoms. The van der Waals surface area contributed by atoms with Crippen LogP contribution in [0.3, 0.4) is 0 Å². The molecule has 1 heterocycles. The lowest BCUT2D eigenvalue weighted by Gasteiger charge is -2.04. The predicted molar refractivity (Wildman–Crippen MR) is 56.3 cm³/mol. The molecule has 0 N–H and O–H groups in total. The lowest BCUT2D eigenvalue weighted by molar-refractivity contribution is -0.137. The van der Waals surface area contributed by atoms with E-state index in [9.17, 15) is 13.2 Å². The zero-order valence-electron chi connectivity index (χ0n) is 7.87. The van der Waals surface area contributed by atoms with Crippen molar-refractivity contribution in [1.82, 2.24) is 9.78 Å². The highest BCUT2D eigenvalue weighted by Gasteiger charge is 2.32. The lowest BCUT2D eigenvalue weighted by atomic mass is 10.3. The molecule has 0 spiro atoms. The maximum Gasteiger partial charge on any atom is 0.419 e. The Balaban J connectivity index is 2.44. The maximum atomic E-state index is 12.4. The molecule has 0 bridgehead atoms. The van der Waals surface area contributed by atoms with Crippen LogP contribution in [-0.4, -0.2) is 9.78 Å². The van der Waals surface area contributed by atoms with E-state index in [0.29, 0.717) is 10.2 Å². The van der Waals surface area contributed by atoms with E-state index in [1.54, 1.807) is 24.3 Å². The first-order chi connectivity index (χ1) is 7.48. The van der Waals surface area contributed by atoms with Crippen LogP contribution in [0.25, 0.3) is 5.69 Å². The summed E-state index contributed by atoms with van der Waals surface area (Å²) in [5.41, 5.74) is -0.193. The number of hydrogen-bond donors (Lipinski definition) is 0. The summed E-state index contributed by atoms with van der Waals surface area (Å²) < 4.78 is 38.9. The summed E-state index contributed by atoms with van der Waals surface area (Å²) in [5.74, 6) is 0. The van der Waals surface area contributed by atoms with Gasteiger partial charge in [0.05, 0.1) is 17.4 Å². The van der Waals surface area contributed by atoms with Gasteiger partial charge in [-0.05, 0) is 28.1 Å². The number of benzene rings is 1. The highest BCUT2D eigenvalue weighted by molar-refractivity contribution is 9.10. The number of nitrogens with zero attached hydrogens (tertiary/aromatic N) is 2. The van der Waals surface area contributed by atoms with Crippen molar-refractivity contribution >= 4 is 15.9 Å². The van der Waals surface area contributed by atoms with Gasteiger partial charge in [-0.15, -0.1) is 0 Å². The Bertz CT molecular complexity index is 505. The SMILES string of the molecule is FC(F)(F)c1cnn(-c2ccccc2Br)c1. The molecule has 0 amide bonds. The van der Waals surface area contributed by atoms with Gasteiger partial charge in [-0.2, -0.15) is 18.3 Å². The van der Waals surface area contributed by atoms with Crippen LogP contribution >= 0.6 is 15.9 Å². The normalized spacial score (nSPS) is 11.8. The van der Waals surface area contributed by atoms with Gasteiger partial charge in [-0.1, -0.05) is 12.1 Å². The van der Waals surface area contributed by atoms with E-state index >= 15 is 0 Å². The molecule has 0 aliphatic heterocycles. The van der Waals surface area contributed by atoms with Crippen LogP contribution in [0.4, 0.5) is 13.2 Å². The summed E-state index contributed by atoms with van der Waals surface area (Å²) >= 11 is 3.25. The summed E-state index contributed by atoms with van der Waals surface area (Å²) in [5, 5.41) is 3.68. The second-order valence-electron chi connectivity index (χ2n) is 3.12. The van der Waals surface area contributed by atoms with E-state index in [4.69, 9.17) is 0 Å². The first kappa shape index (κ1) is 11.2. The Morgan fingerprint density at radius 1 is 1.19 bits per heavy atom. The Labute approximate surface area is 97.8 Å². The minimum atomic E-state index is -4.36. The van der Waals surface area contributed by atoms with Crippen molar-refractivity contribution < 1.29 is 13.2 Å². The van der Waals surface area contributed by atoms with Gasteiger partial charge in [-0.25, -0.2) is 4.68 Å². The molecule has 0 aliphatic rings. The fraction of sp³-hybridized carbons (Fsp3) is 0.100. The highest BCUT2D eigenvalue weighted by atomic mass is 79.9. The fourth-order valence-corrected chi connectivity index (χ4v) is 1.70. The molecule has 2 aromatic rings. The molecule has 0 atom stereocenters. The van der Waals surface area contributed by atoms with Crippen LogP contribution in [0, 0.1) is 0 Å². The molecule has 84 valence electrons. The van der Waals surface area contributed by atoms with E-state index in [1.165, 1.54) is 4.68 Å². The number of rotatable bonds is 1. The van der Waals surface area contributed by atoms with Crippen molar-refractivity contribution in [2.45, 2.75) is 6.18 Å². The second-order valence-corrected chi connectivity index (χ2v) is 3.98. The van der Waals surface area contributed by atoms with Gasteiger partial charge in [0, 0.05) is 10.7 Å². The smallest absolute Gasteiger partial charge is 0.239 e. The van der Waals surface area contributed by atoms with Gasteiger partial charge >= 0.3 is 6.18 Å². The average Bonchev–Trinajstić information content (AvgIpc) is 2.66. The molecule has 0 saturated carbocycles. The maximum absolute atomic E-state index is 12.4. The van der Waals surface area contributed by atoms with E-state index in [0.717, 1.165) is 12.4 Å². The molecule has 1 aromatic carbocycles. The van der Waals surface area contributed by atoms with Crippen molar-refractivity contribution in [3.63, 3.8) is 0 Å². The summed E-state index contributed by atoms with van der Waals surface area (Å²) in [4.78, 5) is 0. The quantitative estimate of drug-likeness (QED) is 0.784. The van der Waals surface area contributed by atoms with Gasteiger partial charge in [0.1, 0.15) is 0 Å². The van der Waals surface area contributed by atoms with Crippen LogP contribution in [0.2, 0.25) is 0 Å². The minimum Gasteiger partial charge on any atom is -0.239 e. The third kappa shape index (κ3) is 2.11. The molecule has 0 radical (unpaired) electrons. The van der Waals surface area contributed by atoms with Crippen molar-refractivity contribution in [3.8, 4) is 5.69 Å². The zero-order valence-corrected chi connectivity index (χ0v) is 9.46. The van der Waals surface area contributed by atoms with Crippen LogP contribution in [-0.2, 0) is 6.18 Å². The summed E-state index contributed by atoms with van der Waals surface area (Å²) in [7, 11) is 0. The Morgan fingerprint density at radius 3 is 2.44 bits per heavy atom. The van der Waals surface area contributed by atoms with E-state index in [1.807, 2.05) is 0 Å². The summed E-state index contributed by atoms with van der Waals surface area (Å²) in [6.45, 7) is 0. The molecule has 0 saturated heterocycles. The third-order valence-corrected chi connectivity index (χ3v) is 2.68. The van der Waals surface area contributed by atoms with Crippen molar-refractivity contribution in [2.24, 2.45) is 0 Å². The third-order valence-electron chi connectivity index (χ3n) is 2.01. The number of aromatic nitrogens is 2. The molecule has 2 rings (SSSR count). The molecule has 0 aliphatic carbocycles. The second kappa shape index (κ2) is 3.93. The standard InChI is InChI=1S/C10H6BrF3N2/c11-8-3-1-2-4-9(8)16-6-7(5-15-16)10(12,13)14/h1-6H. The van der Waals surface area contributed by atoms with Crippen molar-refractivity contribution in [3.05, 3.63) is 46.7 Å². The molecule has 0 unspecified atom stereocenters. The van der Waals surface area contributed by atoms with Gasteiger partial charge in [-0.3, -0.25) is 0 Å². The van der Waals surface area contributed by atoms with E-state index < -0.39 is 11.7 Å². The zero-order chi connectivity index (χ0) is 11.8. The van der Waals surface area contributed by atoms with Crippen molar-refractivity contribution in [2.75, 3.05) is 0 Å². The van der Waals surface area contributed by atoms with E-state index in [2.05, 4.69) is 21.0 Å². The van der Waals surface area contributed by atoms with Gasteiger partial charge in [0.2, 0.25) is 0 Å². The summed E-state index contributed by atoms with van der Waals surface area (Å²) in [6.07, 6.45) is -2.60. The molecular formula is C10H6BrF3N2. The topological polar surface area (TPSA) is 17.8 Å². The Morgan fingerprint density at radius 2 is 1.88 bits per heavy atom. The monoisotopic (exact) mass is 290 g/mol. The Hall–Kier alpha value is -1.30.